The van der Waals surface area contributed by atoms with E-state index in [-0.39, 0.29) is 10.8 Å². The van der Waals surface area contributed by atoms with Crippen molar-refractivity contribution in [3.05, 3.63) is 65.2 Å². The minimum absolute atomic E-state index is 0.202. The SMILES string of the molecule is CCCN1C(=O)C(c2ccc(C)cc2)=C(c2ccc(S(C)(=O)=O)cc2)C1O. The first-order valence-corrected chi connectivity index (χ1v) is 10.7. The third-order valence-corrected chi connectivity index (χ3v) is 5.82. The second kappa shape index (κ2) is 7.29. The number of benzene rings is 2. The topological polar surface area (TPSA) is 74.7 Å². The maximum absolute atomic E-state index is 13.0. The lowest BCUT2D eigenvalue weighted by Gasteiger charge is -2.22. The molecule has 1 amide bonds. The van der Waals surface area contributed by atoms with Gasteiger partial charge in [0.25, 0.3) is 5.91 Å². The van der Waals surface area contributed by atoms with Gasteiger partial charge in [0.05, 0.1) is 10.5 Å². The van der Waals surface area contributed by atoms with Crippen LogP contribution in [-0.4, -0.2) is 43.4 Å². The van der Waals surface area contributed by atoms with E-state index in [4.69, 9.17) is 0 Å². The lowest BCUT2D eigenvalue weighted by atomic mass is 9.95. The molecule has 0 saturated carbocycles. The molecule has 2 aromatic carbocycles. The number of nitrogens with zero attached hydrogens (tertiary/aromatic N) is 1. The van der Waals surface area contributed by atoms with Crippen molar-refractivity contribution in [1.82, 2.24) is 4.90 Å². The molecule has 0 aromatic heterocycles. The van der Waals surface area contributed by atoms with Gasteiger partial charge in [-0.3, -0.25) is 4.79 Å². The van der Waals surface area contributed by atoms with Crippen molar-refractivity contribution in [2.45, 2.75) is 31.4 Å². The molecule has 0 aliphatic carbocycles. The number of hydrogen-bond acceptors (Lipinski definition) is 4. The molecular weight excluding hydrogens is 362 g/mol. The first-order valence-electron chi connectivity index (χ1n) is 8.84. The Morgan fingerprint density at radius 3 is 2.07 bits per heavy atom. The van der Waals surface area contributed by atoms with Gasteiger partial charge in [-0.15, -0.1) is 0 Å². The summed E-state index contributed by atoms with van der Waals surface area (Å²) in [4.78, 5) is 14.7. The number of amides is 1. The Bertz CT molecular complexity index is 989. The van der Waals surface area contributed by atoms with Crippen LogP contribution < -0.4 is 0 Å². The largest absolute Gasteiger partial charge is 0.369 e. The summed E-state index contributed by atoms with van der Waals surface area (Å²) in [7, 11) is -3.31. The van der Waals surface area contributed by atoms with E-state index in [2.05, 4.69) is 0 Å². The Kier molecular flexibility index (Phi) is 5.22. The highest BCUT2D eigenvalue weighted by Crippen LogP contribution is 2.38. The third-order valence-electron chi connectivity index (χ3n) is 4.70. The van der Waals surface area contributed by atoms with E-state index in [9.17, 15) is 18.3 Å². The zero-order chi connectivity index (χ0) is 19.8. The van der Waals surface area contributed by atoms with E-state index in [0.29, 0.717) is 23.3 Å². The van der Waals surface area contributed by atoms with Gasteiger partial charge >= 0.3 is 0 Å². The van der Waals surface area contributed by atoms with Crippen molar-refractivity contribution in [2.24, 2.45) is 0 Å². The fraction of sp³-hybridized carbons (Fsp3) is 0.286. The van der Waals surface area contributed by atoms with Crippen molar-refractivity contribution in [3.8, 4) is 0 Å². The van der Waals surface area contributed by atoms with Crippen molar-refractivity contribution in [1.29, 1.82) is 0 Å². The predicted octanol–water partition coefficient (Wildman–Crippen LogP) is 2.88. The Morgan fingerprint density at radius 1 is 1.00 bits per heavy atom. The first-order chi connectivity index (χ1) is 12.7. The number of hydrogen-bond donors (Lipinski definition) is 1. The summed E-state index contributed by atoms with van der Waals surface area (Å²) in [6, 6.07) is 13.9. The average molecular weight is 385 g/mol. The van der Waals surface area contributed by atoms with Crippen LogP contribution in [0, 0.1) is 6.92 Å². The number of carbonyl (C=O) groups excluding carboxylic acids is 1. The standard InChI is InChI=1S/C21H23NO4S/c1-4-13-22-20(23)18(15-7-5-14(2)6-8-15)19(21(22)24)16-9-11-17(12-10-16)27(3,25)26/h5-12,21,24H,4,13H2,1-3H3. The van der Waals surface area contributed by atoms with Gasteiger partial charge in [-0.2, -0.15) is 0 Å². The van der Waals surface area contributed by atoms with Crippen LogP contribution in [0.3, 0.4) is 0 Å². The van der Waals surface area contributed by atoms with Crippen LogP contribution in [0.1, 0.15) is 30.0 Å². The van der Waals surface area contributed by atoms with E-state index in [0.717, 1.165) is 23.8 Å². The first kappa shape index (κ1) is 19.3. The molecule has 6 heteroatoms. The molecule has 0 radical (unpaired) electrons. The maximum atomic E-state index is 13.0. The Hall–Kier alpha value is -2.44. The lowest BCUT2D eigenvalue weighted by molar-refractivity contribution is -0.129. The van der Waals surface area contributed by atoms with Crippen molar-refractivity contribution >= 4 is 26.9 Å². The van der Waals surface area contributed by atoms with E-state index in [1.54, 1.807) is 12.1 Å². The van der Waals surface area contributed by atoms with Crippen LogP contribution in [-0.2, 0) is 14.6 Å². The summed E-state index contributed by atoms with van der Waals surface area (Å²) in [5.74, 6) is -0.213. The summed E-state index contributed by atoms with van der Waals surface area (Å²) in [5.41, 5.74) is 3.43. The van der Waals surface area contributed by atoms with Crippen LogP contribution in [0.5, 0.6) is 0 Å². The van der Waals surface area contributed by atoms with Gasteiger partial charge in [0.1, 0.15) is 0 Å². The molecule has 1 unspecified atom stereocenters. The summed E-state index contributed by atoms with van der Waals surface area (Å²) in [5, 5.41) is 10.8. The van der Waals surface area contributed by atoms with E-state index < -0.39 is 16.1 Å². The van der Waals surface area contributed by atoms with Crippen LogP contribution in [0.25, 0.3) is 11.1 Å². The molecular formula is C21H23NO4S. The molecule has 1 atom stereocenters. The second-order valence-corrected chi connectivity index (χ2v) is 8.84. The number of aliphatic hydroxyl groups is 1. The van der Waals surface area contributed by atoms with Gasteiger partial charge in [0, 0.05) is 18.4 Å². The molecule has 27 heavy (non-hydrogen) atoms. The number of carbonyl (C=O) groups is 1. The zero-order valence-corrected chi connectivity index (χ0v) is 16.5. The Labute approximate surface area is 159 Å². The van der Waals surface area contributed by atoms with Crippen LogP contribution in [0.15, 0.2) is 53.4 Å². The monoisotopic (exact) mass is 385 g/mol. The maximum Gasteiger partial charge on any atom is 0.257 e. The van der Waals surface area contributed by atoms with Crippen LogP contribution in [0.2, 0.25) is 0 Å². The highest BCUT2D eigenvalue weighted by atomic mass is 32.2. The fourth-order valence-corrected chi connectivity index (χ4v) is 3.92. The second-order valence-electron chi connectivity index (χ2n) is 6.82. The zero-order valence-electron chi connectivity index (χ0n) is 15.6. The number of rotatable bonds is 5. The normalized spacial score (nSPS) is 17.7. The summed E-state index contributed by atoms with van der Waals surface area (Å²) in [6.45, 7) is 4.36. The summed E-state index contributed by atoms with van der Waals surface area (Å²) >= 11 is 0. The molecule has 3 rings (SSSR count). The molecule has 2 aromatic rings. The highest BCUT2D eigenvalue weighted by molar-refractivity contribution is 7.90. The van der Waals surface area contributed by atoms with Crippen molar-refractivity contribution in [3.63, 3.8) is 0 Å². The molecule has 1 aliphatic rings. The summed E-state index contributed by atoms with van der Waals surface area (Å²) in [6.07, 6.45) is 0.818. The third kappa shape index (κ3) is 3.68. The smallest absolute Gasteiger partial charge is 0.257 e. The van der Waals surface area contributed by atoms with Gasteiger partial charge in [-0.05, 0) is 36.6 Å². The van der Waals surface area contributed by atoms with Crippen LogP contribution in [0.4, 0.5) is 0 Å². The number of aliphatic hydroxyl groups excluding tert-OH is 1. The Morgan fingerprint density at radius 2 is 1.56 bits per heavy atom. The molecule has 0 fully saturated rings. The van der Waals surface area contributed by atoms with E-state index in [1.165, 1.54) is 17.0 Å². The highest BCUT2D eigenvalue weighted by Gasteiger charge is 2.38. The molecule has 0 spiro atoms. The Balaban J connectivity index is 2.16. The minimum Gasteiger partial charge on any atom is -0.369 e. The average Bonchev–Trinajstić information content (AvgIpc) is 2.87. The summed E-state index contributed by atoms with van der Waals surface area (Å²) < 4.78 is 23.4. The molecule has 1 N–H and O–H groups in total. The van der Waals surface area contributed by atoms with Gasteiger partial charge in [-0.1, -0.05) is 48.9 Å². The van der Waals surface area contributed by atoms with E-state index in [1.807, 2.05) is 38.1 Å². The fourth-order valence-electron chi connectivity index (χ4n) is 3.29. The van der Waals surface area contributed by atoms with E-state index >= 15 is 0 Å². The molecule has 5 nitrogen and oxygen atoms in total. The molecule has 142 valence electrons. The predicted molar refractivity (Wildman–Crippen MR) is 106 cm³/mol. The molecule has 1 heterocycles. The van der Waals surface area contributed by atoms with Gasteiger partial charge in [0.15, 0.2) is 16.1 Å². The number of aryl methyl sites for hydroxylation is 1. The van der Waals surface area contributed by atoms with Crippen LogP contribution >= 0.6 is 0 Å². The van der Waals surface area contributed by atoms with Crippen molar-refractivity contribution in [2.75, 3.05) is 12.8 Å². The quantitative estimate of drug-likeness (QED) is 0.859. The minimum atomic E-state index is -3.31. The molecule has 1 aliphatic heterocycles. The molecule has 0 bridgehead atoms. The molecule has 0 saturated heterocycles. The number of sulfone groups is 1. The van der Waals surface area contributed by atoms with Gasteiger partial charge in [-0.25, -0.2) is 8.42 Å². The van der Waals surface area contributed by atoms with Gasteiger partial charge < -0.3 is 10.0 Å². The van der Waals surface area contributed by atoms with Crippen molar-refractivity contribution < 1.29 is 18.3 Å². The van der Waals surface area contributed by atoms with Gasteiger partial charge in [0.2, 0.25) is 0 Å². The lowest BCUT2D eigenvalue weighted by Crippen LogP contribution is -2.35.